The first kappa shape index (κ1) is 23.5. The number of nitrogen functional groups attached to an aromatic ring is 1. The summed E-state index contributed by atoms with van der Waals surface area (Å²) >= 11 is 0. The average molecular weight is 486 g/mol. The molecule has 0 spiro atoms. The van der Waals surface area contributed by atoms with Gasteiger partial charge in [-0.25, -0.2) is 18.3 Å². The molecule has 4 aromatic rings. The molecule has 34 heavy (non-hydrogen) atoms. The average Bonchev–Trinajstić information content (AvgIpc) is 2.83. The second-order valence-corrected chi connectivity index (χ2v) is 8.50. The van der Waals surface area contributed by atoms with E-state index in [-0.39, 0.29) is 27.5 Å². The van der Waals surface area contributed by atoms with Crippen molar-refractivity contribution < 1.29 is 21.8 Å². The van der Waals surface area contributed by atoms with Crippen molar-refractivity contribution in [3.63, 3.8) is 0 Å². The van der Waals surface area contributed by atoms with Crippen LogP contribution in [0.5, 0.6) is 0 Å². The zero-order valence-corrected chi connectivity index (χ0v) is 18.3. The Balaban J connectivity index is 1.67. The highest BCUT2D eigenvalue weighted by atomic mass is 32.2. The Morgan fingerprint density at radius 1 is 0.882 bits per heavy atom. The standard InChI is InChI=1S/C24H18F4N4OS/c25-19-12-16(10-11-18(19)20-13-31-22(29)14-30-20)17-8-4-5-9-21(17)34(33)32-23(24(26,27)28)15-6-2-1-3-7-15/h1-14,23,32H,(H2,29,31). The van der Waals surface area contributed by atoms with E-state index in [0.717, 1.165) is 0 Å². The van der Waals surface area contributed by atoms with Gasteiger partial charge < -0.3 is 5.73 Å². The topological polar surface area (TPSA) is 80.9 Å². The van der Waals surface area contributed by atoms with E-state index in [2.05, 4.69) is 14.7 Å². The Morgan fingerprint density at radius 2 is 1.59 bits per heavy atom. The first-order chi connectivity index (χ1) is 16.2. The van der Waals surface area contributed by atoms with Gasteiger partial charge in [0.25, 0.3) is 0 Å². The summed E-state index contributed by atoms with van der Waals surface area (Å²) in [5.74, 6) is -0.431. The second-order valence-electron chi connectivity index (χ2n) is 7.29. The zero-order chi connectivity index (χ0) is 24.3. The maximum atomic E-state index is 14.9. The van der Waals surface area contributed by atoms with Crippen molar-refractivity contribution in [1.29, 1.82) is 0 Å². The molecule has 0 amide bonds. The number of rotatable bonds is 6. The first-order valence-corrected chi connectivity index (χ1v) is 11.2. The minimum absolute atomic E-state index is 0.0687. The van der Waals surface area contributed by atoms with E-state index < -0.39 is 29.0 Å². The molecule has 0 radical (unpaired) electrons. The van der Waals surface area contributed by atoms with Gasteiger partial charge in [-0.05, 0) is 34.9 Å². The van der Waals surface area contributed by atoms with Crippen molar-refractivity contribution in [2.24, 2.45) is 0 Å². The van der Waals surface area contributed by atoms with Crippen LogP contribution >= 0.6 is 0 Å². The summed E-state index contributed by atoms with van der Waals surface area (Å²) in [6, 6.07) is 15.5. The summed E-state index contributed by atoms with van der Waals surface area (Å²) in [4.78, 5) is 8.03. The number of aromatic nitrogens is 2. The van der Waals surface area contributed by atoms with E-state index in [1.165, 1.54) is 54.9 Å². The normalized spacial score (nSPS) is 13.4. The molecule has 174 valence electrons. The Kier molecular flexibility index (Phi) is 6.71. The van der Waals surface area contributed by atoms with Gasteiger partial charge in [0.1, 0.15) is 28.7 Å². The highest BCUT2D eigenvalue weighted by Gasteiger charge is 2.42. The van der Waals surface area contributed by atoms with Crippen LogP contribution in [0, 0.1) is 5.82 Å². The maximum Gasteiger partial charge on any atom is 0.408 e. The fraction of sp³-hybridized carbons (Fsp3) is 0.0833. The van der Waals surface area contributed by atoms with Gasteiger partial charge in [0.2, 0.25) is 0 Å². The van der Waals surface area contributed by atoms with Crippen LogP contribution < -0.4 is 10.5 Å². The van der Waals surface area contributed by atoms with Gasteiger partial charge >= 0.3 is 6.18 Å². The molecule has 4 rings (SSSR count). The molecule has 1 heterocycles. The summed E-state index contributed by atoms with van der Waals surface area (Å²) in [6.07, 6.45) is -2.04. The molecule has 0 aliphatic rings. The largest absolute Gasteiger partial charge is 0.408 e. The molecule has 5 nitrogen and oxygen atoms in total. The third-order valence-electron chi connectivity index (χ3n) is 5.00. The Bertz CT molecular complexity index is 1310. The Morgan fingerprint density at radius 3 is 2.24 bits per heavy atom. The van der Waals surface area contributed by atoms with Gasteiger partial charge in [-0.1, -0.05) is 54.6 Å². The Hall–Kier alpha value is -3.63. The number of nitrogens with two attached hydrogens (primary N) is 1. The number of halogens is 4. The lowest BCUT2D eigenvalue weighted by molar-refractivity contribution is -0.152. The number of hydrogen-bond acceptors (Lipinski definition) is 4. The second kappa shape index (κ2) is 9.70. The fourth-order valence-corrected chi connectivity index (χ4v) is 4.57. The van der Waals surface area contributed by atoms with Crippen molar-refractivity contribution in [2.75, 3.05) is 5.73 Å². The van der Waals surface area contributed by atoms with Gasteiger partial charge in [-0.3, -0.25) is 4.98 Å². The van der Waals surface area contributed by atoms with E-state index >= 15 is 0 Å². The molecule has 3 N–H and O–H groups in total. The zero-order valence-electron chi connectivity index (χ0n) is 17.5. The Labute approximate surface area is 195 Å². The number of nitrogens with zero attached hydrogens (tertiary/aromatic N) is 2. The van der Waals surface area contributed by atoms with Gasteiger partial charge in [-0.15, -0.1) is 0 Å². The van der Waals surface area contributed by atoms with Crippen LogP contribution in [-0.2, 0) is 11.0 Å². The van der Waals surface area contributed by atoms with Gasteiger partial charge in [-0.2, -0.15) is 13.2 Å². The van der Waals surface area contributed by atoms with E-state index in [1.807, 2.05) is 0 Å². The van der Waals surface area contributed by atoms with Crippen molar-refractivity contribution >= 4 is 16.8 Å². The first-order valence-electron chi connectivity index (χ1n) is 10.0. The number of anilines is 1. The van der Waals surface area contributed by atoms with Crippen LogP contribution in [0.3, 0.4) is 0 Å². The molecule has 0 fully saturated rings. The summed E-state index contributed by atoms with van der Waals surface area (Å²) in [5.41, 5.74) is 6.57. The summed E-state index contributed by atoms with van der Waals surface area (Å²) < 4.78 is 71.3. The van der Waals surface area contributed by atoms with Crippen LogP contribution in [-0.4, -0.2) is 20.4 Å². The quantitative estimate of drug-likeness (QED) is 0.355. The minimum atomic E-state index is -4.68. The lowest BCUT2D eigenvalue weighted by atomic mass is 10.0. The van der Waals surface area contributed by atoms with Crippen LogP contribution in [0.25, 0.3) is 22.4 Å². The molecule has 0 aliphatic carbocycles. The number of benzene rings is 3. The van der Waals surface area contributed by atoms with E-state index in [9.17, 15) is 21.8 Å². The van der Waals surface area contributed by atoms with Crippen molar-refractivity contribution in [2.45, 2.75) is 17.1 Å². The number of alkyl halides is 3. The molecule has 0 aliphatic heterocycles. The third kappa shape index (κ3) is 5.13. The third-order valence-corrected chi connectivity index (χ3v) is 6.21. The van der Waals surface area contributed by atoms with Crippen LogP contribution in [0.1, 0.15) is 11.6 Å². The fourth-order valence-electron chi connectivity index (χ4n) is 3.37. The molecule has 0 saturated heterocycles. The smallest absolute Gasteiger partial charge is 0.382 e. The minimum Gasteiger partial charge on any atom is -0.382 e. The van der Waals surface area contributed by atoms with Crippen LogP contribution in [0.2, 0.25) is 0 Å². The van der Waals surface area contributed by atoms with Gasteiger partial charge in [0.15, 0.2) is 0 Å². The highest BCUT2D eigenvalue weighted by molar-refractivity contribution is 7.83. The predicted octanol–water partition coefficient (Wildman–Crippen LogP) is 5.45. The lowest BCUT2D eigenvalue weighted by Crippen LogP contribution is -2.35. The predicted molar refractivity (Wildman–Crippen MR) is 122 cm³/mol. The van der Waals surface area contributed by atoms with Gasteiger partial charge in [0.05, 0.1) is 23.0 Å². The van der Waals surface area contributed by atoms with E-state index in [4.69, 9.17) is 5.73 Å². The molecule has 0 saturated carbocycles. The lowest BCUT2D eigenvalue weighted by Gasteiger charge is -2.22. The summed E-state index contributed by atoms with van der Waals surface area (Å²) in [7, 11) is -2.25. The molecule has 0 bridgehead atoms. The van der Waals surface area contributed by atoms with E-state index in [1.54, 1.807) is 30.3 Å². The summed E-state index contributed by atoms with van der Waals surface area (Å²) in [5, 5.41) is 0. The van der Waals surface area contributed by atoms with Gasteiger partial charge in [0, 0.05) is 5.56 Å². The molecular weight excluding hydrogens is 468 g/mol. The molecule has 2 unspecified atom stereocenters. The number of nitrogens with one attached hydrogen (secondary N) is 1. The van der Waals surface area contributed by atoms with Crippen molar-refractivity contribution in [3.05, 3.63) is 96.6 Å². The van der Waals surface area contributed by atoms with Crippen LogP contribution in [0.15, 0.2) is 90.1 Å². The molecular formula is C24H18F4N4OS. The number of hydrogen-bond donors (Lipinski definition) is 2. The van der Waals surface area contributed by atoms with Crippen LogP contribution in [0.4, 0.5) is 23.4 Å². The van der Waals surface area contributed by atoms with Crippen molar-refractivity contribution in [1.82, 2.24) is 14.7 Å². The summed E-state index contributed by atoms with van der Waals surface area (Å²) in [6.45, 7) is 0. The van der Waals surface area contributed by atoms with Crippen molar-refractivity contribution in [3.8, 4) is 22.4 Å². The SMILES string of the molecule is Nc1cnc(-c2ccc(-c3ccccc3S(=O)NC(c3ccccc3)C(F)(F)F)cc2F)cn1. The molecule has 3 aromatic carbocycles. The monoisotopic (exact) mass is 486 g/mol. The maximum absolute atomic E-state index is 14.9. The molecule has 2 atom stereocenters. The molecule has 10 heteroatoms. The molecule has 1 aromatic heterocycles. The highest BCUT2D eigenvalue weighted by Crippen LogP contribution is 2.35. The van der Waals surface area contributed by atoms with E-state index in [0.29, 0.717) is 11.1 Å².